The zero-order valence-electron chi connectivity index (χ0n) is 19.7. The molecule has 0 atom stereocenters. The number of nitrogens with one attached hydrogen (secondary N) is 1. The molecule has 0 radical (unpaired) electrons. The van der Waals surface area contributed by atoms with Crippen LogP contribution in [0.4, 0.5) is 10.1 Å². The highest BCUT2D eigenvalue weighted by molar-refractivity contribution is 6.45. The fourth-order valence-corrected chi connectivity index (χ4v) is 4.79. The zero-order chi connectivity index (χ0) is 25.4. The number of anilines is 1. The number of aromatic amines is 1. The van der Waals surface area contributed by atoms with E-state index in [1.165, 1.54) is 22.0 Å². The van der Waals surface area contributed by atoms with Crippen LogP contribution in [0, 0.1) is 5.82 Å². The van der Waals surface area contributed by atoms with E-state index in [0.717, 1.165) is 23.0 Å². The minimum absolute atomic E-state index is 0.00859. The molecule has 184 valence electrons. The van der Waals surface area contributed by atoms with Crippen molar-refractivity contribution < 1.29 is 14.0 Å². The smallest absolute Gasteiger partial charge is 0.295 e. The number of ketones is 1. The Bertz CT molecular complexity index is 1590. The molecule has 1 fully saturated rings. The molecule has 0 saturated carbocycles. The fraction of sp³-hybridized carbons (Fsp3) is 0.148. The standard InChI is InChI=1S/C27H22FN7O2/c28-21-17-30-26(35-11-10-31-32-35)24-23(21)20(16-29-24)25(36)27(37)34-14-12-33(13-15-34)22-9-5-4-8-19(22)18-6-2-1-3-7-18/h1-11,16-17,29H,12-15H2. The number of aromatic nitrogens is 5. The molecule has 1 aliphatic rings. The SMILES string of the molecule is O=C(C(=O)N1CCN(c2ccccc2-c2ccccc2)CC1)c1c[nH]c2c(-n3ccnn3)ncc(F)c12. The quantitative estimate of drug-likeness (QED) is 0.296. The number of para-hydroxylation sites is 1. The minimum Gasteiger partial charge on any atom is -0.367 e. The van der Waals surface area contributed by atoms with Crippen LogP contribution in [0.3, 0.4) is 0 Å². The summed E-state index contributed by atoms with van der Waals surface area (Å²) >= 11 is 0. The summed E-state index contributed by atoms with van der Waals surface area (Å²) in [4.78, 5) is 37.1. The van der Waals surface area contributed by atoms with E-state index in [1.54, 1.807) is 6.20 Å². The van der Waals surface area contributed by atoms with E-state index in [4.69, 9.17) is 0 Å². The van der Waals surface area contributed by atoms with E-state index < -0.39 is 17.5 Å². The monoisotopic (exact) mass is 495 g/mol. The second kappa shape index (κ2) is 9.30. The molecule has 1 amide bonds. The Morgan fingerprint density at radius 2 is 1.70 bits per heavy atom. The average Bonchev–Trinajstić information content (AvgIpc) is 3.65. The van der Waals surface area contributed by atoms with E-state index in [-0.39, 0.29) is 22.3 Å². The summed E-state index contributed by atoms with van der Waals surface area (Å²) in [6.07, 6.45) is 5.38. The van der Waals surface area contributed by atoms with Gasteiger partial charge in [0.05, 0.1) is 35.1 Å². The van der Waals surface area contributed by atoms with Crippen LogP contribution in [0.5, 0.6) is 0 Å². The van der Waals surface area contributed by atoms with Gasteiger partial charge >= 0.3 is 0 Å². The molecular formula is C27H22FN7O2. The van der Waals surface area contributed by atoms with Crippen molar-refractivity contribution in [3.8, 4) is 16.9 Å². The Hall–Kier alpha value is -4.86. The predicted molar refractivity (Wildman–Crippen MR) is 136 cm³/mol. The van der Waals surface area contributed by atoms with Gasteiger partial charge in [-0.1, -0.05) is 53.7 Å². The van der Waals surface area contributed by atoms with E-state index in [1.807, 2.05) is 30.3 Å². The number of Topliss-reactive ketones (excluding diaryl/α,β-unsaturated/α-hetero) is 1. The van der Waals surface area contributed by atoms with Gasteiger partial charge in [0.15, 0.2) is 11.6 Å². The molecule has 0 spiro atoms. The Labute approximate surface area is 211 Å². The van der Waals surface area contributed by atoms with Gasteiger partial charge in [0.25, 0.3) is 11.7 Å². The van der Waals surface area contributed by atoms with E-state index in [2.05, 4.69) is 49.4 Å². The number of H-pyrrole nitrogens is 1. The molecule has 4 heterocycles. The number of carbonyl (C=O) groups is 2. The van der Waals surface area contributed by atoms with Crippen molar-refractivity contribution in [2.24, 2.45) is 0 Å². The predicted octanol–water partition coefficient (Wildman–Crippen LogP) is 3.48. The van der Waals surface area contributed by atoms with Crippen molar-refractivity contribution in [3.63, 3.8) is 0 Å². The summed E-state index contributed by atoms with van der Waals surface area (Å²) in [5.74, 6) is -1.83. The van der Waals surface area contributed by atoms with Gasteiger partial charge in [-0.3, -0.25) is 9.59 Å². The number of halogens is 1. The topological polar surface area (TPSA) is 100 Å². The molecule has 5 aromatic rings. The molecule has 6 rings (SSSR count). The first-order valence-corrected chi connectivity index (χ1v) is 11.9. The molecule has 0 aliphatic carbocycles. The molecule has 1 saturated heterocycles. The highest BCUT2D eigenvalue weighted by Gasteiger charge is 2.30. The third kappa shape index (κ3) is 4.02. The second-order valence-electron chi connectivity index (χ2n) is 8.72. The molecule has 37 heavy (non-hydrogen) atoms. The Kier molecular flexibility index (Phi) is 5.68. The lowest BCUT2D eigenvalue weighted by molar-refractivity contribution is -0.126. The van der Waals surface area contributed by atoms with Crippen LogP contribution >= 0.6 is 0 Å². The van der Waals surface area contributed by atoms with Gasteiger partial charge in [-0.15, -0.1) is 5.10 Å². The number of pyridine rings is 1. The van der Waals surface area contributed by atoms with Gasteiger partial charge in [0.1, 0.15) is 0 Å². The highest BCUT2D eigenvalue weighted by atomic mass is 19.1. The van der Waals surface area contributed by atoms with Crippen LogP contribution in [0.15, 0.2) is 79.4 Å². The number of fused-ring (bicyclic) bond motifs is 1. The number of carbonyl (C=O) groups excluding carboxylic acids is 2. The number of hydrogen-bond acceptors (Lipinski definition) is 6. The number of hydrogen-bond donors (Lipinski definition) is 1. The van der Waals surface area contributed by atoms with Crippen molar-refractivity contribution in [2.45, 2.75) is 0 Å². The molecule has 1 N–H and O–H groups in total. The average molecular weight is 496 g/mol. The van der Waals surface area contributed by atoms with Crippen molar-refractivity contribution in [2.75, 3.05) is 31.1 Å². The summed E-state index contributed by atoms with van der Waals surface area (Å²) in [6.45, 7) is 1.91. The van der Waals surface area contributed by atoms with E-state index >= 15 is 0 Å². The third-order valence-corrected chi connectivity index (χ3v) is 6.62. The summed E-state index contributed by atoms with van der Waals surface area (Å²) in [6, 6.07) is 18.3. The van der Waals surface area contributed by atoms with Gasteiger partial charge in [-0.2, -0.15) is 0 Å². The summed E-state index contributed by atoms with van der Waals surface area (Å²) in [7, 11) is 0. The molecule has 1 aliphatic heterocycles. The number of rotatable bonds is 5. The molecule has 3 aromatic heterocycles. The maximum absolute atomic E-state index is 14.8. The highest BCUT2D eigenvalue weighted by Crippen LogP contribution is 2.31. The van der Waals surface area contributed by atoms with Crippen LogP contribution in [-0.2, 0) is 4.79 Å². The normalized spacial score (nSPS) is 13.8. The van der Waals surface area contributed by atoms with Gasteiger partial charge < -0.3 is 14.8 Å². The van der Waals surface area contributed by atoms with Crippen LogP contribution in [0.25, 0.3) is 27.8 Å². The summed E-state index contributed by atoms with van der Waals surface area (Å²) in [5.41, 5.74) is 3.55. The number of benzene rings is 2. The number of nitrogens with zero attached hydrogens (tertiary/aromatic N) is 6. The molecular weight excluding hydrogens is 473 g/mol. The van der Waals surface area contributed by atoms with Crippen LogP contribution in [-0.4, -0.2) is 67.7 Å². The second-order valence-corrected chi connectivity index (χ2v) is 8.72. The summed E-state index contributed by atoms with van der Waals surface area (Å²) in [5, 5.41) is 7.64. The van der Waals surface area contributed by atoms with Crippen LogP contribution in [0.2, 0.25) is 0 Å². The first kappa shape index (κ1) is 22.6. The maximum atomic E-state index is 14.8. The maximum Gasteiger partial charge on any atom is 0.295 e. The van der Waals surface area contributed by atoms with E-state index in [0.29, 0.717) is 26.2 Å². The number of amides is 1. The Morgan fingerprint density at radius 1 is 0.946 bits per heavy atom. The van der Waals surface area contributed by atoms with E-state index in [9.17, 15) is 14.0 Å². The molecule has 9 nitrogen and oxygen atoms in total. The van der Waals surface area contributed by atoms with Gasteiger partial charge in [0, 0.05) is 43.6 Å². The molecule has 0 bridgehead atoms. The molecule has 2 aromatic carbocycles. The Morgan fingerprint density at radius 3 is 2.46 bits per heavy atom. The lowest BCUT2D eigenvalue weighted by Crippen LogP contribution is -2.50. The van der Waals surface area contributed by atoms with Crippen LogP contribution in [0.1, 0.15) is 10.4 Å². The third-order valence-electron chi connectivity index (χ3n) is 6.62. The van der Waals surface area contributed by atoms with Gasteiger partial charge in [-0.25, -0.2) is 14.1 Å². The van der Waals surface area contributed by atoms with Crippen molar-refractivity contribution in [1.29, 1.82) is 0 Å². The molecule has 0 unspecified atom stereocenters. The zero-order valence-corrected chi connectivity index (χ0v) is 19.7. The summed E-state index contributed by atoms with van der Waals surface area (Å²) < 4.78 is 16.1. The van der Waals surface area contributed by atoms with Gasteiger partial charge in [-0.05, 0) is 11.6 Å². The molecule has 10 heteroatoms. The van der Waals surface area contributed by atoms with Gasteiger partial charge in [0.2, 0.25) is 0 Å². The number of piperazine rings is 1. The minimum atomic E-state index is -0.765. The first-order chi connectivity index (χ1) is 18.1. The van der Waals surface area contributed by atoms with Crippen molar-refractivity contribution in [1.82, 2.24) is 29.9 Å². The largest absolute Gasteiger partial charge is 0.367 e. The lowest BCUT2D eigenvalue weighted by Gasteiger charge is -2.36. The van der Waals surface area contributed by atoms with Crippen molar-refractivity contribution in [3.05, 3.63) is 90.8 Å². The fourth-order valence-electron chi connectivity index (χ4n) is 4.79. The van der Waals surface area contributed by atoms with Crippen molar-refractivity contribution >= 4 is 28.3 Å². The lowest BCUT2D eigenvalue weighted by atomic mass is 10.0. The van der Waals surface area contributed by atoms with Crippen LogP contribution < -0.4 is 4.90 Å². The first-order valence-electron chi connectivity index (χ1n) is 11.9. The Balaban J connectivity index is 1.21.